The fourth-order valence-corrected chi connectivity index (χ4v) is 7.72. The van der Waals surface area contributed by atoms with Gasteiger partial charge in [0.15, 0.2) is 0 Å². The van der Waals surface area contributed by atoms with Crippen LogP contribution >= 0.6 is 0 Å². The van der Waals surface area contributed by atoms with Crippen molar-refractivity contribution in [3.63, 3.8) is 0 Å². The zero-order valence-electron chi connectivity index (χ0n) is 17.3. The van der Waals surface area contributed by atoms with Gasteiger partial charge in [0.2, 0.25) is 0 Å². The Bertz CT molecular complexity index is 683. The van der Waals surface area contributed by atoms with Gasteiger partial charge in [-0.05, 0) is 80.5 Å². The molecule has 4 rings (SSSR count). The summed E-state index contributed by atoms with van der Waals surface area (Å²) in [6.07, 6.45) is 11.8. The van der Waals surface area contributed by atoms with Crippen LogP contribution in [0, 0.1) is 34.5 Å². The summed E-state index contributed by atoms with van der Waals surface area (Å²) in [5.74, 6) is 2.52. The van der Waals surface area contributed by atoms with Gasteiger partial charge in [0.05, 0.1) is 5.71 Å². The molecule has 0 aromatic rings. The molecule has 3 saturated carbocycles. The van der Waals surface area contributed by atoms with E-state index in [4.69, 9.17) is 4.74 Å². The third-order valence-electron chi connectivity index (χ3n) is 9.05. The fourth-order valence-electron chi connectivity index (χ4n) is 7.72. The summed E-state index contributed by atoms with van der Waals surface area (Å²) >= 11 is 0. The SMILES string of the molecule is CC(=O)O[C@@H]1CC[C@@]2(C)C(=CC[C@H]3[C@@H]4CC[C@H](/C(C)=N/O)[C@@]4(C)CC[C@@H]32)C1. The first kappa shape index (κ1) is 19.0. The highest BCUT2D eigenvalue weighted by molar-refractivity contribution is 5.85. The van der Waals surface area contributed by atoms with E-state index >= 15 is 0 Å². The van der Waals surface area contributed by atoms with Crippen LogP contribution in [-0.4, -0.2) is 23.0 Å². The Balaban J connectivity index is 1.58. The quantitative estimate of drug-likeness (QED) is 0.233. The van der Waals surface area contributed by atoms with Crippen molar-refractivity contribution in [1.29, 1.82) is 0 Å². The fraction of sp³-hybridized carbons (Fsp3) is 0.826. The van der Waals surface area contributed by atoms with Gasteiger partial charge in [-0.15, -0.1) is 0 Å². The Hall–Kier alpha value is -1.32. The van der Waals surface area contributed by atoms with Crippen molar-refractivity contribution >= 4 is 11.7 Å². The zero-order chi connectivity index (χ0) is 19.4. The number of carbonyl (C=O) groups excluding carboxylic acids is 1. The van der Waals surface area contributed by atoms with Crippen LogP contribution in [0.15, 0.2) is 16.8 Å². The predicted molar refractivity (Wildman–Crippen MR) is 106 cm³/mol. The highest BCUT2D eigenvalue weighted by Crippen LogP contribution is 2.66. The summed E-state index contributed by atoms with van der Waals surface area (Å²) in [4.78, 5) is 11.4. The first-order chi connectivity index (χ1) is 12.8. The zero-order valence-corrected chi connectivity index (χ0v) is 17.3. The van der Waals surface area contributed by atoms with Crippen LogP contribution in [0.1, 0.15) is 79.1 Å². The van der Waals surface area contributed by atoms with Crippen molar-refractivity contribution in [2.45, 2.75) is 85.2 Å². The summed E-state index contributed by atoms with van der Waals surface area (Å²) in [5.41, 5.74) is 3.04. The third-order valence-corrected chi connectivity index (χ3v) is 9.05. The maximum atomic E-state index is 11.4. The Kier molecular flexibility index (Phi) is 4.67. The van der Waals surface area contributed by atoms with Gasteiger partial charge >= 0.3 is 5.97 Å². The molecular formula is C23H35NO3. The smallest absolute Gasteiger partial charge is 0.302 e. The number of oxime groups is 1. The summed E-state index contributed by atoms with van der Waals surface area (Å²) < 4.78 is 5.54. The van der Waals surface area contributed by atoms with E-state index < -0.39 is 0 Å². The van der Waals surface area contributed by atoms with E-state index in [1.165, 1.54) is 39.0 Å². The second-order valence-corrected chi connectivity index (χ2v) is 10.1. The van der Waals surface area contributed by atoms with Crippen LogP contribution in [-0.2, 0) is 9.53 Å². The van der Waals surface area contributed by atoms with Gasteiger partial charge < -0.3 is 9.94 Å². The van der Waals surface area contributed by atoms with Crippen LogP contribution in [0.3, 0.4) is 0 Å². The molecule has 7 atom stereocenters. The van der Waals surface area contributed by atoms with Crippen LogP contribution < -0.4 is 0 Å². The van der Waals surface area contributed by atoms with Gasteiger partial charge in [-0.25, -0.2) is 0 Å². The van der Waals surface area contributed by atoms with Gasteiger partial charge in [0, 0.05) is 19.3 Å². The van der Waals surface area contributed by atoms with Crippen LogP contribution in [0.4, 0.5) is 0 Å². The molecule has 0 aromatic heterocycles. The van der Waals surface area contributed by atoms with Crippen molar-refractivity contribution in [2.24, 2.45) is 39.7 Å². The average molecular weight is 374 g/mol. The minimum atomic E-state index is -0.149. The van der Waals surface area contributed by atoms with Gasteiger partial charge in [0.1, 0.15) is 6.10 Å². The highest BCUT2D eigenvalue weighted by atomic mass is 16.5. The average Bonchev–Trinajstić information content (AvgIpc) is 2.98. The topological polar surface area (TPSA) is 58.9 Å². The summed E-state index contributed by atoms with van der Waals surface area (Å²) in [6, 6.07) is 0. The Morgan fingerprint density at radius 3 is 2.63 bits per heavy atom. The maximum Gasteiger partial charge on any atom is 0.302 e. The monoisotopic (exact) mass is 373 g/mol. The minimum absolute atomic E-state index is 0.0755. The molecule has 4 heteroatoms. The third kappa shape index (κ3) is 2.86. The molecular weight excluding hydrogens is 338 g/mol. The molecule has 0 bridgehead atoms. The molecule has 4 aliphatic rings. The number of allylic oxidation sites excluding steroid dienone is 1. The number of esters is 1. The molecule has 4 aliphatic carbocycles. The van der Waals surface area contributed by atoms with E-state index in [1.54, 1.807) is 5.57 Å². The molecule has 0 aromatic carbocycles. The van der Waals surface area contributed by atoms with Crippen molar-refractivity contribution < 1.29 is 14.7 Å². The van der Waals surface area contributed by atoms with E-state index in [0.29, 0.717) is 5.92 Å². The van der Waals surface area contributed by atoms with Crippen molar-refractivity contribution in [3.8, 4) is 0 Å². The first-order valence-corrected chi connectivity index (χ1v) is 10.8. The second kappa shape index (κ2) is 6.63. The first-order valence-electron chi connectivity index (χ1n) is 10.8. The molecule has 0 aliphatic heterocycles. The predicted octanol–water partition coefficient (Wildman–Crippen LogP) is 5.35. The number of ether oxygens (including phenoxy) is 1. The van der Waals surface area contributed by atoms with E-state index in [2.05, 4.69) is 25.1 Å². The van der Waals surface area contributed by atoms with Gasteiger partial charge in [-0.3, -0.25) is 4.79 Å². The van der Waals surface area contributed by atoms with Crippen molar-refractivity contribution in [1.82, 2.24) is 0 Å². The second-order valence-electron chi connectivity index (χ2n) is 10.1. The summed E-state index contributed by atoms with van der Waals surface area (Å²) in [6.45, 7) is 8.46. The lowest BCUT2D eigenvalue weighted by Crippen LogP contribution is -2.51. The van der Waals surface area contributed by atoms with Crippen molar-refractivity contribution in [3.05, 3.63) is 11.6 Å². The number of rotatable bonds is 2. The van der Waals surface area contributed by atoms with E-state index in [1.807, 2.05) is 6.92 Å². The van der Waals surface area contributed by atoms with Crippen LogP contribution in [0.25, 0.3) is 0 Å². The van der Waals surface area contributed by atoms with Crippen LogP contribution in [0.5, 0.6) is 0 Å². The Morgan fingerprint density at radius 1 is 1.15 bits per heavy atom. The lowest BCUT2D eigenvalue weighted by molar-refractivity contribution is -0.148. The molecule has 3 fully saturated rings. The van der Waals surface area contributed by atoms with Gasteiger partial charge in [-0.2, -0.15) is 0 Å². The molecule has 4 nitrogen and oxygen atoms in total. The molecule has 0 saturated heterocycles. The largest absolute Gasteiger partial charge is 0.462 e. The van der Waals surface area contributed by atoms with Crippen molar-refractivity contribution in [2.75, 3.05) is 0 Å². The number of hydrogen-bond acceptors (Lipinski definition) is 4. The number of hydrogen-bond donors (Lipinski definition) is 1. The molecule has 150 valence electrons. The molecule has 1 N–H and O–H groups in total. The Labute approximate surface area is 163 Å². The van der Waals surface area contributed by atoms with E-state index in [-0.39, 0.29) is 22.9 Å². The normalized spacial score (nSPS) is 46.7. The number of nitrogens with zero attached hydrogens (tertiary/aromatic N) is 1. The molecule has 0 spiro atoms. The summed E-state index contributed by atoms with van der Waals surface area (Å²) in [7, 11) is 0. The van der Waals surface area contributed by atoms with Crippen LogP contribution in [0.2, 0.25) is 0 Å². The number of carbonyl (C=O) groups is 1. The van der Waals surface area contributed by atoms with E-state index in [9.17, 15) is 10.0 Å². The Morgan fingerprint density at radius 2 is 1.93 bits per heavy atom. The molecule has 0 unspecified atom stereocenters. The minimum Gasteiger partial charge on any atom is -0.462 e. The standard InChI is InChI=1S/C23H35NO3/c1-14(24-26)19-7-8-20-18-6-5-16-13-17(27-15(2)25)9-11-22(16,3)21(18)10-12-23(19,20)4/h5,17-21,26H,6-13H2,1-4H3/b24-14+/t17-,18+,19-,20+,21+,22+,23-/m1/s1. The molecule has 0 radical (unpaired) electrons. The van der Waals surface area contributed by atoms with Gasteiger partial charge in [0.25, 0.3) is 0 Å². The molecule has 27 heavy (non-hydrogen) atoms. The number of fused-ring (bicyclic) bond motifs is 5. The highest BCUT2D eigenvalue weighted by Gasteiger charge is 2.59. The lowest BCUT2D eigenvalue weighted by atomic mass is 9.47. The van der Waals surface area contributed by atoms with E-state index in [0.717, 1.165) is 42.7 Å². The maximum absolute atomic E-state index is 11.4. The molecule has 0 amide bonds. The molecule has 0 heterocycles. The van der Waals surface area contributed by atoms with Gasteiger partial charge in [-0.1, -0.05) is 30.7 Å². The lowest BCUT2D eigenvalue weighted by Gasteiger charge is -2.58. The summed E-state index contributed by atoms with van der Waals surface area (Å²) in [5, 5.41) is 12.9.